The van der Waals surface area contributed by atoms with Crippen molar-refractivity contribution >= 4 is 0 Å². The van der Waals surface area contributed by atoms with Gasteiger partial charge in [-0.15, -0.1) is 0 Å². The summed E-state index contributed by atoms with van der Waals surface area (Å²) in [5.74, 6) is 0.364. The molecule has 2 fully saturated rings. The van der Waals surface area contributed by atoms with E-state index in [9.17, 15) is 8.78 Å². The van der Waals surface area contributed by atoms with Gasteiger partial charge in [0, 0.05) is 12.1 Å². The number of rotatable bonds is 5. The summed E-state index contributed by atoms with van der Waals surface area (Å²) in [5.41, 5.74) is 0.800. The largest absolute Gasteiger partial charge is 0.314 e. The minimum Gasteiger partial charge on any atom is -0.314 e. The molecule has 0 aliphatic heterocycles. The van der Waals surface area contributed by atoms with Gasteiger partial charge < -0.3 is 5.32 Å². The molecular formula is C15H19F2N. The lowest BCUT2D eigenvalue weighted by molar-refractivity contribution is 0.170. The van der Waals surface area contributed by atoms with Gasteiger partial charge in [0.05, 0.1) is 0 Å². The molecule has 0 bridgehead atoms. The molecule has 98 valence electrons. The van der Waals surface area contributed by atoms with Crippen LogP contribution in [0.3, 0.4) is 0 Å². The first-order chi connectivity index (χ1) is 8.70. The van der Waals surface area contributed by atoms with Crippen LogP contribution in [0.5, 0.6) is 0 Å². The molecule has 1 aromatic rings. The van der Waals surface area contributed by atoms with Gasteiger partial charge in [-0.1, -0.05) is 0 Å². The monoisotopic (exact) mass is 251 g/mol. The van der Waals surface area contributed by atoms with Gasteiger partial charge in [-0.05, 0) is 68.2 Å². The lowest BCUT2D eigenvalue weighted by atomic mass is 9.70. The van der Waals surface area contributed by atoms with Crippen LogP contribution in [0, 0.1) is 23.5 Å². The van der Waals surface area contributed by atoms with Crippen LogP contribution in [0.15, 0.2) is 18.2 Å². The lowest BCUT2D eigenvalue weighted by Crippen LogP contribution is -2.37. The van der Waals surface area contributed by atoms with E-state index < -0.39 is 11.6 Å². The van der Waals surface area contributed by atoms with Crippen molar-refractivity contribution in [2.45, 2.75) is 38.1 Å². The molecule has 0 spiro atoms. The first-order valence-corrected chi connectivity index (χ1v) is 6.89. The molecular weight excluding hydrogens is 232 g/mol. The van der Waals surface area contributed by atoms with Crippen molar-refractivity contribution in [3.63, 3.8) is 0 Å². The van der Waals surface area contributed by atoms with Crippen LogP contribution in [0.2, 0.25) is 0 Å². The molecule has 0 aromatic heterocycles. The highest BCUT2D eigenvalue weighted by atomic mass is 19.1. The summed E-state index contributed by atoms with van der Waals surface area (Å²) in [6.45, 7) is 1.08. The number of hydrogen-bond donors (Lipinski definition) is 1. The van der Waals surface area contributed by atoms with E-state index in [0.29, 0.717) is 11.8 Å². The Hall–Kier alpha value is -0.960. The van der Waals surface area contributed by atoms with E-state index in [0.717, 1.165) is 30.6 Å². The summed E-state index contributed by atoms with van der Waals surface area (Å²) < 4.78 is 26.2. The first-order valence-electron chi connectivity index (χ1n) is 6.89. The quantitative estimate of drug-likeness (QED) is 0.846. The van der Waals surface area contributed by atoms with E-state index in [4.69, 9.17) is 0 Å². The molecule has 0 radical (unpaired) electrons. The van der Waals surface area contributed by atoms with Gasteiger partial charge in [-0.2, -0.15) is 0 Å². The van der Waals surface area contributed by atoms with Crippen LogP contribution < -0.4 is 5.32 Å². The molecule has 1 aromatic carbocycles. The summed E-state index contributed by atoms with van der Waals surface area (Å²) >= 11 is 0. The minimum absolute atomic E-state index is 0.461. The first kappa shape index (κ1) is 12.1. The smallest absolute Gasteiger partial charge is 0.126 e. The lowest BCUT2D eigenvalue weighted by Gasteiger charge is -2.37. The van der Waals surface area contributed by atoms with E-state index in [2.05, 4.69) is 5.32 Å². The second-order valence-electron chi connectivity index (χ2n) is 5.76. The fraction of sp³-hybridized carbons (Fsp3) is 0.600. The van der Waals surface area contributed by atoms with Gasteiger partial charge in [0.15, 0.2) is 0 Å². The summed E-state index contributed by atoms with van der Waals surface area (Å²) in [4.78, 5) is 0. The zero-order valence-electron chi connectivity index (χ0n) is 10.5. The van der Waals surface area contributed by atoms with Crippen molar-refractivity contribution in [2.24, 2.45) is 11.8 Å². The van der Waals surface area contributed by atoms with Gasteiger partial charge >= 0.3 is 0 Å². The fourth-order valence-corrected chi connectivity index (χ4v) is 2.81. The van der Waals surface area contributed by atoms with Gasteiger partial charge in [-0.3, -0.25) is 0 Å². The zero-order valence-corrected chi connectivity index (χ0v) is 10.5. The van der Waals surface area contributed by atoms with Gasteiger partial charge in [0.25, 0.3) is 0 Å². The summed E-state index contributed by atoms with van der Waals surface area (Å²) in [5, 5.41) is 3.55. The molecule has 0 amide bonds. The maximum absolute atomic E-state index is 13.1. The molecule has 3 heteroatoms. The van der Waals surface area contributed by atoms with E-state index in [1.807, 2.05) is 0 Å². The number of nitrogens with one attached hydrogen (secondary N) is 1. The molecule has 2 saturated carbocycles. The summed E-state index contributed by atoms with van der Waals surface area (Å²) in [7, 11) is 0. The molecule has 2 unspecified atom stereocenters. The molecule has 2 atom stereocenters. The van der Waals surface area contributed by atoms with Crippen molar-refractivity contribution in [1.29, 1.82) is 0 Å². The zero-order chi connectivity index (χ0) is 12.5. The highest BCUT2D eigenvalue weighted by Gasteiger charge is 2.32. The SMILES string of the molecule is Fc1cc(F)cc(CC2CCC2CNC2CC2)c1. The fourth-order valence-electron chi connectivity index (χ4n) is 2.81. The second kappa shape index (κ2) is 4.96. The summed E-state index contributed by atoms with van der Waals surface area (Å²) in [6.07, 6.45) is 5.88. The van der Waals surface area contributed by atoms with Crippen molar-refractivity contribution < 1.29 is 8.78 Å². The standard InChI is InChI=1S/C15H19F2N/c16-13-6-10(7-14(17)8-13)5-11-1-2-12(11)9-18-15-3-4-15/h6-8,11-12,15,18H,1-5,9H2. The van der Waals surface area contributed by atoms with E-state index in [1.165, 1.54) is 37.8 Å². The topological polar surface area (TPSA) is 12.0 Å². The van der Waals surface area contributed by atoms with E-state index >= 15 is 0 Å². The molecule has 3 rings (SSSR count). The number of hydrogen-bond acceptors (Lipinski definition) is 1. The average molecular weight is 251 g/mol. The Morgan fingerprint density at radius 1 is 0.944 bits per heavy atom. The maximum atomic E-state index is 13.1. The van der Waals surface area contributed by atoms with Crippen LogP contribution in [-0.4, -0.2) is 12.6 Å². The van der Waals surface area contributed by atoms with Crippen LogP contribution >= 0.6 is 0 Å². The van der Waals surface area contributed by atoms with Crippen molar-refractivity contribution in [3.8, 4) is 0 Å². The Kier molecular flexibility index (Phi) is 3.33. The average Bonchev–Trinajstić information content (AvgIpc) is 3.07. The number of benzene rings is 1. The predicted octanol–water partition coefficient (Wildman–Crippen LogP) is 3.29. The van der Waals surface area contributed by atoms with Crippen molar-refractivity contribution in [2.75, 3.05) is 6.54 Å². The predicted molar refractivity (Wildman–Crippen MR) is 67.3 cm³/mol. The van der Waals surface area contributed by atoms with Gasteiger partial charge in [-0.25, -0.2) is 8.78 Å². The van der Waals surface area contributed by atoms with Gasteiger partial charge in [0.2, 0.25) is 0 Å². The molecule has 0 heterocycles. The third-order valence-electron chi connectivity index (χ3n) is 4.24. The third kappa shape index (κ3) is 2.89. The van der Waals surface area contributed by atoms with Crippen LogP contribution in [-0.2, 0) is 6.42 Å². The molecule has 18 heavy (non-hydrogen) atoms. The molecule has 1 N–H and O–H groups in total. The normalized spacial score (nSPS) is 27.0. The molecule has 2 aliphatic carbocycles. The second-order valence-corrected chi connectivity index (χ2v) is 5.76. The van der Waals surface area contributed by atoms with Crippen LogP contribution in [0.4, 0.5) is 8.78 Å². The van der Waals surface area contributed by atoms with Crippen LogP contribution in [0.25, 0.3) is 0 Å². The molecule has 1 nitrogen and oxygen atoms in total. The Bertz CT molecular complexity index is 408. The maximum Gasteiger partial charge on any atom is 0.126 e. The minimum atomic E-state index is -0.461. The van der Waals surface area contributed by atoms with Crippen LogP contribution in [0.1, 0.15) is 31.2 Å². The Morgan fingerprint density at radius 3 is 2.17 bits per heavy atom. The Morgan fingerprint density at radius 2 is 1.61 bits per heavy atom. The Balaban J connectivity index is 1.54. The van der Waals surface area contributed by atoms with E-state index in [1.54, 1.807) is 0 Å². The van der Waals surface area contributed by atoms with Gasteiger partial charge in [0.1, 0.15) is 11.6 Å². The third-order valence-corrected chi connectivity index (χ3v) is 4.24. The Labute approximate surface area is 107 Å². The molecule has 0 saturated heterocycles. The van der Waals surface area contributed by atoms with Crippen molar-refractivity contribution in [3.05, 3.63) is 35.4 Å². The van der Waals surface area contributed by atoms with Crippen molar-refractivity contribution in [1.82, 2.24) is 5.32 Å². The van der Waals surface area contributed by atoms with E-state index in [-0.39, 0.29) is 0 Å². The highest BCUT2D eigenvalue weighted by molar-refractivity contribution is 5.19. The summed E-state index contributed by atoms with van der Waals surface area (Å²) in [6, 6.07) is 4.62. The highest BCUT2D eigenvalue weighted by Crippen LogP contribution is 2.37. The number of halogens is 2. The molecule has 2 aliphatic rings.